The van der Waals surface area contributed by atoms with E-state index in [-0.39, 0.29) is 12.5 Å². The Bertz CT molecular complexity index is 1080. The molecule has 3 rings (SSSR count). The van der Waals surface area contributed by atoms with E-state index in [0.717, 1.165) is 33.3 Å². The maximum absolute atomic E-state index is 12.2. The van der Waals surface area contributed by atoms with Gasteiger partial charge in [0.25, 0.3) is 5.91 Å². The second-order valence-electron chi connectivity index (χ2n) is 7.12. The maximum atomic E-state index is 12.2. The Labute approximate surface area is 170 Å². The van der Waals surface area contributed by atoms with Crippen LogP contribution in [0.15, 0.2) is 47.7 Å². The number of para-hydroxylation sites is 1. The number of nitrogens with zero attached hydrogens (tertiary/aromatic N) is 3. The number of hydrogen-bond donors (Lipinski definition) is 2. The van der Waals surface area contributed by atoms with E-state index < -0.39 is 0 Å². The van der Waals surface area contributed by atoms with Crippen LogP contribution >= 0.6 is 0 Å². The minimum atomic E-state index is -0.214. The van der Waals surface area contributed by atoms with Gasteiger partial charge in [0.2, 0.25) is 0 Å². The molecule has 148 valence electrons. The van der Waals surface area contributed by atoms with Gasteiger partial charge in [-0.05, 0) is 38.0 Å². The number of carbonyl (C=O) groups is 1. The molecule has 0 aliphatic rings. The summed E-state index contributed by atoms with van der Waals surface area (Å²) in [6, 6.07) is 14.3. The number of fused-ring (bicyclic) bond motifs is 1. The minimum absolute atomic E-state index is 0.145. The van der Waals surface area contributed by atoms with Gasteiger partial charge in [0.15, 0.2) is 0 Å². The summed E-state index contributed by atoms with van der Waals surface area (Å²) in [6.07, 6.45) is 4.04. The molecule has 0 bridgehead atoms. The summed E-state index contributed by atoms with van der Waals surface area (Å²) in [5.74, 6) is -0.214. The first-order chi connectivity index (χ1) is 14.0. The van der Waals surface area contributed by atoms with Crippen LogP contribution in [0.3, 0.4) is 0 Å². The number of nitriles is 1. The molecule has 2 aromatic carbocycles. The summed E-state index contributed by atoms with van der Waals surface area (Å²) in [5.41, 5.74) is 8.93. The zero-order chi connectivity index (χ0) is 20.8. The Morgan fingerprint density at radius 3 is 2.66 bits per heavy atom. The number of anilines is 1. The Hall–Kier alpha value is -3.59. The van der Waals surface area contributed by atoms with Crippen molar-refractivity contribution >= 4 is 28.7 Å². The highest BCUT2D eigenvalue weighted by atomic mass is 16.2. The second-order valence-corrected chi connectivity index (χ2v) is 7.12. The van der Waals surface area contributed by atoms with Gasteiger partial charge in [-0.3, -0.25) is 4.79 Å². The van der Waals surface area contributed by atoms with Crippen LogP contribution in [0.1, 0.15) is 28.7 Å². The quantitative estimate of drug-likeness (QED) is 0.474. The first kappa shape index (κ1) is 20.2. The van der Waals surface area contributed by atoms with Crippen molar-refractivity contribution < 1.29 is 4.79 Å². The van der Waals surface area contributed by atoms with Crippen LogP contribution in [-0.2, 0) is 11.3 Å². The zero-order valence-electron chi connectivity index (χ0n) is 17.0. The Balaban J connectivity index is 1.64. The molecule has 0 aliphatic carbocycles. The number of rotatable bonds is 7. The molecule has 1 aromatic heterocycles. The number of aromatic nitrogens is 1. The van der Waals surface area contributed by atoms with E-state index in [2.05, 4.69) is 41.0 Å². The number of amides is 1. The minimum Gasteiger partial charge on any atom is -0.376 e. The first-order valence-electron chi connectivity index (χ1n) is 9.58. The number of hydrogen-bond acceptors (Lipinski definition) is 4. The highest BCUT2D eigenvalue weighted by Gasteiger charge is 2.08. The molecule has 2 N–H and O–H groups in total. The largest absolute Gasteiger partial charge is 0.376 e. The van der Waals surface area contributed by atoms with Gasteiger partial charge in [0, 0.05) is 34.9 Å². The number of hydrazone groups is 1. The average molecular weight is 387 g/mol. The van der Waals surface area contributed by atoms with E-state index in [1.54, 1.807) is 6.21 Å². The highest BCUT2D eigenvalue weighted by Crippen LogP contribution is 2.22. The van der Waals surface area contributed by atoms with Crippen molar-refractivity contribution in [3.8, 4) is 6.07 Å². The number of aryl methyl sites for hydroxylation is 4. The number of carbonyl (C=O) groups excluding carboxylic acids is 1. The van der Waals surface area contributed by atoms with Crippen LogP contribution in [0.2, 0.25) is 0 Å². The smallest absolute Gasteiger partial charge is 0.259 e. The third kappa shape index (κ3) is 4.82. The van der Waals surface area contributed by atoms with E-state index in [1.807, 2.05) is 48.9 Å². The predicted octanol–water partition coefficient (Wildman–Crippen LogP) is 4.04. The fourth-order valence-corrected chi connectivity index (χ4v) is 3.57. The van der Waals surface area contributed by atoms with Crippen LogP contribution in [0.4, 0.5) is 5.69 Å². The van der Waals surface area contributed by atoms with E-state index in [1.165, 1.54) is 5.56 Å². The standard InChI is InChI=1S/C23H25N5O/c1-16-11-17(2)23(18(3)12-16)25-14-22(29)27-26-13-19-15-28(10-6-9-24)21-8-5-4-7-20(19)21/h4-5,7-8,11-13,15,25H,6,10,14H2,1-3H3,(H,27,29)/b26-13-. The van der Waals surface area contributed by atoms with Gasteiger partial charge in [-0.1, -0.05) is 35.9 Å². The van der Waals surface area contributed by atoms with Gasteiger partial charge < -0.3 is 9.88 Å². The molecule has 1 heterocycles. The van der Waals surface area contributed by atoms with Gasteiger partial charge in [-0.15, -0.1) is 0 Å². The van der Waals surface area contributed by atoms with E-state index in [4.69, 9.17) is 5.26 Å². The fourth-order valence-electron chi connectivity index (χ4n) is 3.57. The molecule has 1 amide bonds. The van der Waals surface area contributed by atoms with Crippen LogP contribution < -0.4 is 10.7 Å². The summed E-state index contributed by atoms with van der Waals surface area (Å²) in [4.78, 5) is 12.2. The monoisotopic (exact) mass is 387 g/mol. The topological polar surface area (TPSA) is 82.2 Å². The third-order valence-electron chi connectivity index (χ3n) is 4.78. The van der Waals surface area contributed by atoms with E-state index in [0.29, 0.717) is 13.0 Å². The van der Waals surface area contributed by atoms with Crippen molar-refractivity contribution in [2.24, 2.45) is 5.10 Å². The molecule has 0 unspecified atom stereocenters. The molecule has 0 fully saturated rings. The van der Waals surface area contributed by atoms with Crippen molar-refractivity contribution in [3.63, 3.8) is 0 Å². The highest BCUT2D eigenvalue weighted by molar-refractivity contribution is 5.99. The molecular formula is C23H25N5O. The summed E-state index contributed by atoms with van der Waals surface area (Å²) in [7, 11) is 0. The lowest BCUT2D eigenvalue weighted by Gasteiger charge is -2.13. The van der Waals surface area contributed by atoms with Crippen molar-refractivity contribution in [1.82, 2.24) is 9.99 Å². The third-order valence-corrected chi connectivity index (χ3v) is 4.78. The molecule has 0 saturated heterocycles. The molecule has 0 saturated carbocycles. The SMILES string of the molecule is Cc1cc(C)c(NCC(=O)N/N=C\c2cn(CCC#N)c3ccccc23)c(C)c1. The molecule has 3 aromatic rings. The zero-order valence-corrected chi connectivity index (χ0v) is 17.0. The lowest BCUT2D eigenvalue weighted by atomic mass is 10.1. The van der Waals surface area contributed by atoms with Gasteiger partial charge in [-0.25, -0.2) is 5.43 Å². The van der Waals surface area contributed by atoms with Gasteiger partial charge in [0.05, 0.1) is 25.2 Å². The molecule has 6 heteroatoms. The lowest BCUT2D eigenvalue weighted by Crippen LogP contribution is -2.26. The number of nitrogens with one attached hydrogen (secondary N) is 2. The van der Waals surface area contributed by atoms with Crippen molar-refractivity contribution in [2.75, 3.05) is 11.9 Å². The van der Waals surface area contributed by atoms with Crippen LogP contribution in [-0.4, -0.2) is 23.2 Å². The van der Waals surface area contributed by atoms with Crippen LogP contribution in [0, 0.1) is 32.1 Å². The summed E-state index contributed by atoms with van der Waals surface area (Å²) >= 11 is 0. The maximum Gasteiger partial charge on any atom is 0.259 e. The van der Waals surface area contributed by atoms with E-state index in [9.17, 15) is 4.79 Å². The van der Waals surface area contributed by atoms with Crippen molar-refractivity contribution in [2.45, 2.75) is 33.7 Å². The molecule has 0 spiro atoms. The van der Waals surface area contributed by atoms with Crippen molar-refractivity contribution in [1.29, 1.82) is 5.26 Å². The Morgan fingerprint density at radius 2 is 1.93 bits per heavy atom. The van der Waals surface area contributed by atoms with Crippen LogP contribution in [0.5, 0.6) is 0 Å². The van der Waals surface area contributed by atoms with Gasteiger partial charge in [0.1, 0.15) is 0 Å². The molecule has 29 heavy (non-hydrogen) atoms. The number of benzene rings is 2. The average Bonchev–Trinajstić information content (AvgIpc) is 3.03. The Kier molecular flexibility index (Phi) is 6.30. The fraction of sp³-hybridized carbons (Fsp3) is 0.261. The summed E-state index contributed by atoms with van der Waals surface area (Å²) in [6.45, 7) is 6.88. The van der Waals surface area contributed by atoms with Gasteiger partial charge in [-0.2, -0.15) is 10.4 Å². The molecule has 0 aliphatic heterocycles. The summed E-state index contributed by atoms with van der Waals surface area (Å²) < 4.78 is 2.03. The molecule has 0 radical (unpaired) electrons. The van der Waals surface area contributed by atoms with Crippen LogP contribution in [0.25, 0.3) is 10.9 Å². The molecule has 6 nitrogen and oxygen atoms in total. The van der Waals surface area contributed by atoms with Crippen molar-refractivity contribution in [3.05, 3.63) is 64.8 Å². The predicted molar refractivity (Wildman–Crippen MR) is 117 cm³/mol. The first-order valence-corrected chi connectivity index (χ1v) is 9.58. The second kappa shape index (κ2) is 9.07. The molecular weight excluding hydrogens is 362 g/mol. The normalized spacial score (nSPS) is 11.0. The van der Waals surface area contributed by atoms with Gasteiger partial charge >= 0.3 is 0 Å². The van der Waals surface area contributed by atoms with E-state index >= 15 is 0 Å². The molecule has 0 atom stereocenters. The lowest BCUT2D eigenvalue weighted by molar-refractivity contribution is -0.119. The summed E-state index contributed by atoms with van der Waals surface area (Å²) in [5, 5.41) is 17.2. The Morgan fingerprint density at radius 1 is 1.21 bits per heavy atom.